The van der Waals surface area contributed by atoms with Crippen molar-refractivity contribution in [2.75, 3.05) is 25.2 Å². The number of aromatic amines is 1. The summed E-state index contributed by atoms with van der Waals surface area (Å²) in [7, 11) is 0. The third-order valence-corrected chi connectivity index (χ3v) is 6.16. The molecule has 0 spiro atoms. The molecule has 1 aliphatic rings. The molecule has 0 aromatic carbocycles. The molecular formula is C14H21BrN5O4P. The van der Waals surface area contributed by atoms with E-state index in [1.54, 1.807) is 0 Å². The number of nitrogens with two attached hydrogens (primary N) is 1. The van der Waals surface area contributed by atoms with E-state index in [-0.39, 0.29) is 21.8 Å². The highest BCUT2D eigenvalue weighted by Gasteiger charge is 2.45. The number of anilines is 1. The van der Waals surface area contributed by atoms with E-state index in [1.165, 1.54) is 4.57 Å². The van der Waals surface area contributed by atoms with Gasteiger partial charge in [0, 0.05) is 0 Å². The number of nitrogen functional groups attached to an aromatic ring is 1. The van der Waals surface area contributed by atoms with Crippen molar-refractivity contribution in [2.45, 2.75) is 31.0 Å². The summed E-state index contributed by atoms with van der Waals surface area (Å²) in [6.45, 7) is 2.92. The van der Waals surface area contributed by atoms with Crippen LogP contribution in [0.1, 0.15) is 12.6 Å². The molecule has 0 aliphatic carbocycles. The fourth-order valence-corrected chi connectivity index (χ4v) is 4.36. The molecule has 9 nitrogen and oxygen atoms in total. The number of rotatable bonds is 4. The summed E-state index contributed by atoms with van der Waals surface area (Å²) in [5.74, 6) is -0.0701. The van der Waals surface area contributed by atoms with E-state index in [9.17, 15) is 15.0 Å². The van der Waals surface area contributed by atoms with Crippen molar-refractivity contribution in [3.8, 4) is 0 Å². The fraction of sp³-hybridized carbons (Fsp3) is 0.571. The van der Waals surface area contributed by atoms with Crippen molar-refractivity contribution in [3.05, 3.63) is 15.1 Å². The average molecular weight is 434 g/mol. The van der Waals surface area contributed by atoms with Gasteiger partial charge in [-0.15, -0.1) is 13.2 Å². The van der Waals surface area contributed by atoms with Gasteiger partial charge in [-0.25, -0.2) is 4.98 Å². The maximum Gasteiger partial charge on any atom is 0.280 e. The van der Waals surface area contributed by atoms with Gasteiger partial charge < -0.3 is 20.7 Å². The van der Waals surface area contributed by atoms with E-state index >= 15 is 0 Å². The summed E-state index contributed by atoms with van der Waals surface area (Å²) in [4.78, 5) is 22.5. The molecular weight excluding hydrogens is 413 g/mol. The van der Waals surface area contributed by atoms with Gasteiger partial charge in [0.2, 0.25) is 5.95 Å². The summed E-state index contributed by atoms with van der Waals surface area (Å²) >= 11 is 3.26. The minimum absolute atomic E-state index is 0.0691. The molecule has 5 N–H and O–H groups in total. The van der Waals surface area contributed by atoms with Crippen LogP contribution < -0.4 is 11.3 Å². The Balaban J connectivity index is 1.97. The summed E-state index contributed by atoms with van der Waals surface area (Å²) in [5.41, 5.74) is 5.36. The van der Waals surface area contributed by atoms with E-state index in [0.29, 0.717) is 6.42 Å². The number of aliphatic hydroxyl groups is 2. The highest BCUT2D eigenvalue weighted by molar-refractivity contribution is 9.10. The number of H-pyrrole nitrogens is 1. The van der Waals surface area contributed by atoms with Crippen LogP contribution in [0.3, 0.4) is 0 Å². The van der Waals surface area contributed by atoms with Crippen LogP contribution in [0.15, 0.2) is 9.53 Å². The Morgan fingerprint density at radius 2 is 2.08 bits per heavy atom. The zero-order valence-corrected chi connectivity index (χ0v) is 16.4. The standard InChI is InChI=1S/C14H21BrN5O4P/c1-25(2,3)5-4-6-8(21)9(22)12(24-6)20-10-7(17-13(20)15)11(23)19-14(16)18-10/h6,8-9,12,21-22H,1,4-5H2,2-3H3,(H3,16,18,19,23)/t6-,8-,9-,12?/m1/s1. The number of aliphatic hydroxyl groups excluding tert-OH is 2. The van der Waals surface area contributed by atoms with Crippen molar-refractivity contribution in [3.63, 3.8) is 0 Å². The van der Waals surface area contributed by atoms with Gasteiger partial charge in [-0.05, 0) is 41.8 Å². The van der Waals surface area contributed by atoms with Gasteiger partial charge in [-0.2, -0.15) is 4.98 Å². The topological polar surface area (TPSA) is 139 Å². The molecule has 0 bridgehead atoms. The first-order valence-electron chi connectivity index (χ1n) is 7.70. The molecule has 0 radical (unpaired) electrons. The fourth-order valence-electron chi connectivity index (χ4n) is 2.86. The Morgan fingerprint density at radius 1 is 1.40 bits per heavy atom. The van der Waals surface area contributed by atoms with Crippen molar-refractivity contribution in [1.29, 1.82) is 0 Å². The first-order valence-corrected chi connectivity index (χ1v) is 11.6. The van der Waals surface area contributed by atoms with Crippen LogP contribution in [0, 0.1) is 0 Å². The Labute approximate surface area is 152 Å². The molecule has 138 valence electrons. The second kappa shape index (κ2) is 6.51. The second-order valence-electron chi connectivity index (χ2n) is 6.87. The molecule has 4 atom stereocenters. The van der Waals surface area contributed by atoms with Gasteiger partial charge in [0.1, 0.15) is 12.2 Å². The van der Waals surface area contributed by atoms with Crippen molar-refractivity contribution >= 4 is 46.2 Å². The quantitative estimate of drug-likeness (QED) is 0.398. The number of fused-ring (bicyclic) bond motifs is 1. The van der Waals surface area contributed by atoms with Crippen LogP contribution >= 0.6 is 22.8 Å². The first kappa shape index (κ1) is 18.6. The Hall–Kier alpha value is -1.19. The molecule has 25 heavy (non-hydrogen) atoms. The maximum atomic E-state index is 12.0. The van der Waals surface area contributed by atoms with Crippen molar-refractivity contribution < 1.29 is 14.9 Å². The number of aromatic nitrogens is 4. The number of nitrogens with zero attached hydrogens (tertiary/aromatic N) is 3. The van der Waals surface area contributed by atoms with Crippen LogP contribution in [0.5, 0.6) is 0 Å². The predicted octanol–water partition coefficient (Wildman–Crippen LogP) is 0.183. The largest absolute Gasteiger partial charge is 0.388 e. The normalized spacial score (nSPS) is 27.2. The number of hydrogen-bond acceptors (Lipinski definition) is 7. The highest BCUT2D eigenvalue weighted by Crippen LogP contribution is 2.40. The van der Waals surface area contributed by atoms with Gasteiger partial charge in [0.25, 0.3) is 5.56 Å². The maximum absolute atomic E-state index is 12.0. The molecule has 3 heterocycles. The number of imidazole rings is 1. The second-order valence-corrected chi connectivity index (χ2v) is 11.9. The first-order chi connectivity index (χ1) is 11.6. The van der Waals surface area contributed by atoms with Crippen LogP contribution in [0.4, 0.5) is 5.95 Å². The van der Waals surface area contributed by atoms with Crippen molar-refractivity contribution in [1.82, 2.24) is 19.5 Å². The smallest absolute Gasteiger partial charge is 0.280 e. The molecule has 2 aromatic rings. The summed E-state index contributed by atoms with van der Waals surface area (Å²) in [6.07, 6.45) is 1.84. The Morgan fingerprint density at radius 3 is 2.72 bits per heavy atom. The lowest BCUT2D eigenvalue weighted by Gasteiger charge is -2.19. The minimum Gasteiger partial charge on any atom is -0.388 e. The SMILES string of the molecule is C=P(C)(C)CC[C@H]1OC(n2c(Br)nc3c(=O)[nH]c(N)nc32)[C@H](O)[C@@H]1O. The van der Waals surface area contributed by atoms with Crippen LogP contribution in [-0.4, -0.2) is 73.8 Å². The van der Waals surface area contributed by atoms with Crippen LogP contribution in [0.2, 0.25) is 0 Å². The van der Waals surface area contributed by atoms with Crippen LogP contribution in [0.25, 0.3) is 11.2 Å². The molecule has 3 rings (SSSR count). The summed E-state index contributed by atoms with van der Waals surface area (Å²) in [6, 6.07) is 0. The predicted molar refractivity (Wildman–Crippen MR) is 102 cm³/mol. The summed E-state index contributed by atoms with van der Waals surface area (Å²) in [5, 5.41) is 20.8. The van der Waals surface area contributed by atoms with E-state index in [4.69, 9.17) is 10.5 Å². The lowest BCUT2D eigenvalue weighted by atomic mass is 10.1. The molecule has 0 saturated carbocycles. The molecule has 2 aromatic heterocycles. The van der Waals surface area contributed by atoms with Gasteiger partial charge in [0.15, 0.2) is 22.1 Å². The number of halogens is 1. The third kappa shape index (κ3) is 3.54. The zero-order chi connectivity index (χ0) is 18.5. The zero-order valence-electron chi connectivity index (χ0n) is 13.9. The highest BCUT2D eigenvalue weighted by atomic mass is 79.9. The van der Waals surface area contributed by atoms with Crippen LogP contribution in [-0.2, 0) is 4.74 Å². The van der Waals surface area contributed by atoms with Crippen molar-refractivity contribution in [2.24, 2.45) is 0 Å². The lowest BCUT2D eigenvalue weighted by Crippen LogP contribution is -2.32. The number of ether oxygens (including phenoxy) is 1. The molecule has 1 unspecified atom stereocenters. The molecule has 1 saturated heterocycles. The molecule has 1 aliphatic heterocycles. The monoisotopic (exact) mass is 433 g/mol. The molecule has 11 heteroatoms. The van der Waals surface area contributed by atoms with Gasteiger partial charge in [0.05, 0.1) is 6.10 Å². The van der Waals surface area contributed by atoms with E-state index in [0.717, 1.165) is 6.16 Å². The molecule has 1 fully saturated rings. The average Bonchev–Trinajstić information content (AvgIpc) is 2.95. The summed E-state index contributed by atoms with van der Waals surface area (Å²) < 4.78 is 7.57. The van der Waals surface area contributed by atoms with Gasteiger partial charge >= 0.3 is 0 Å². The number of nitrogens with one attached hydrogen (secondary N) is 1. The van der Waals surface area contributed by atoms with E-state index in [2.05, 4.69) is 50.5 Å². The third-order valence-electron chi connectivity index (χ3n) is 4.14. The Kier molecular flexibility index (Phi) is 4.85. The molecule has 0 amide bonds. The Bertz CT molecular complexity index is 906. The number of hydrogen-bond donors (Lipinski definition) is 4. The van der Waals surface area contributed by atoms with E-state index in [1.807, 2.05) is 0 Å². The van der Waals surface area contributed by atoms with Gasteiger partial charge in [-0.3, -0.25) is 14.3 Å². The van der Waals surface area contributed by atoms with Gasteiger partial charge in [-0.1, -0.05) is 0 Å². The van der Waals surface area contributed by atoms with E-state index < -0.39 is 37.0 Å². The minimum atomic E-state index is -1.28. The lowest BCUT2D eigenvalue weighted by molar-refractivity contribution is -0.0365.